The predicted octanol–water partition coefficient (Wildman–Crippen LogP) is 10.00. The van der Waals surface area contributed by atoms with E-state index in [9.17, 15) is 0 Å². The van der Waals surface area contributed by atoms with Gasteiger partial charge in [-0.2, -0.15) is 0 Å². The molecule has 0 saturated carbocycles. The summed E-state index contributed by atoms with van der Waals surface area (Å²) < 4.78 is 2.23. The van der Waals surface area contributed by atoms with E-state index in [4.69, 9.17) is 0 Å². The van der Waals surface area contributed by atoms with Crippen LogP contribution in [0.25, 0.3) is 22.4 Å². The normalized spacial score (nSPS) is 11.5. The predicted molar refractivity (Wildman–Crippen MR) is 155 cm³/mol. The second-order valence-electron chi connectivity index (χ2n) is 10.7. The summed E-state index contributed by atoms with van der Waals surface area (Å²) in [5, 5.41) is 3.37. The monoisotopic (exact) mass is 486 g/mol. The number of aryl methyl sites for hydroxylation is 1. The Balaban J connectivity index is 0.000000196. The van der Waals surface area contributed by atoms with Gasteiger partial charge < -0.3 is 4.57 Å². The van der Waals surface area contributed by atoms with Gasteiger partial charge in [0.2, 0.25) is 0 Å². The van der Waals surface area contributed by atoms with E-state index < -0.39 is 0 Å². The summed E-state index contributed by atoms with van der Waals surface area (Å²) in [5.41, 5.74) is 9.12. The number of benzene rings is 2. The maximum absolute atomic E-state index is 4.67. The summed E-state index contributed by atoms with van der Waals surface area (Å²) in [5.74, 6) is 2.27. The molecule has 0 aliphatic carbocycles. The fraction of sp³-hybridized carbons (Fsp3) is 0.406. The summed E-state index contributed by atoms with van der Waals surface area (Å²) >= 11 is 1.75. The average Bonchev–Trinajstić information content (AvgIpc) is 3.47. The Bertz CT molecular complexity index is 1190. The van der Waals surface area contributed by atoms with Crippen molar-refractivity contribution >= 4 is 11.3 Å². The summed E-state index contributed by atoms with van der Waals surface area (Å²) in [7, 11) is 2.13. The molecule has 0 radical (unpaired) electrons. The number of thiazole rings is 1. The maximum atomic E-state index is 4.67. The second kappa shape index (κ2) is 11.9. The standard InChI is InChI=1S/C17H23N.C15H19NS/c1-12(2)14-6-8-15(9-7-14)16-10-17(13(3)4)18(5)11-16;1-10(2)12-5-7-13(8-6-12)14-9-17-15(16-14)11(3)4/h6-13H,1-5H3;5-11H,1-4H3. The first-order valence-corrected chi connectivity index (χ1v) is 13.8. The van der Waals surface area contributed by atoms with Gasteiger partial charge in [-0.05, 0) is 46.1 Å². The number of nitrogens with zero attached hydrogens (tertiary/aromatic N) is 2. The molecule has 2 nitrogen and oxygen atoms in total. The van der Waals surface area contributed by atoms with Gasteiger partial charge in [-0.3, -0.25) is 0 Å². The molecule has 4 aromatic rings. The van der Waals surface area contributed by atoms with Crippen LogP contribution < -0.4 is 0 Å². The van der Waals surface area contributed by atoms with Crippen LogP contribution in [0.15, 0.2) is 66.2 Å². The lowest BCUT2D eigenvalue weighted by Crippen LogP contribution is -1.95. The second-order valence-corrected chi connectivity index (χ2v) is 11.6. The van der Waals surface area contributed by atoms with Crippen molar-refractivity contribution in [2.24, 2.45) is 7.05 Å². The SMILES string of the molecule is CC(C)c1ccc(-c2cc(C(C)C)n(C)c2)cc1.CC(C)c1ccc(-c2csc(C(C)C)n2)cc1. The van der Waals surface area contributed by atoms with Crippen LogP contribution in [0.4, 0.5) is 0 Å². The number of aromatic nitrogens is 2. The minimum absolute atomic E-state index is 0.517. The maximum Gasteiger partial charge on any atom is 0.0958 e. The third-order valence-corrected chi connectivity index (χ3v) is 7.58. The molecule has 0 atom stereocenters. The Morgan fingerprint density at radius 3 is 1.54 bits per heavy atom. The van der Waals surface area contributed by atoms with Gasteiger partial charge in [0.15, 0.2) is 0 Å². The third kappa shape index (κ3) is 6.95. The van der Waals surface area contributed by atoms with Crippen LogP contribution in [0.3, 0.4) is 0 Å². The van der Waals surface area contributed by atoms with Crippen molar-refractivity contribution in [1.82, 2.24) is 9.55 Å². The fourth-order valence-electron chi connectivity index (χ4n) is 4.10. The highest BCUT2D eigenvalue weighted by Gasteiger charge is 2.09. The minimum atomic E-state index is 0.517. The van der Waals surface area contributed by atoms with Gasteiger partial charge in [0.1, 0.15) is 0 Å². The zero-order chi connectivity index (χ0) is 25.7. The van der Waals surface area contributed by atoms with Gasteiger partial charge in [-0.15, -0.1) is 11.3 Å². The first-order chi connectivity index (χ1) is 16.6. The Kier molecular flexibility index (Phi) is 9.13. The first kappa shape index (κ1) is 26.9. The van der Waals surface area contributed by atoms with Gasteiger partial charge in [0.25, 0.3) is 0 Å². The van der Waals surface area contributed by atoms with Gasteiger partial charge in [-0.25, -0.2) is 4.98 Å². The minimum Gasteiger partial charge on any atom is -0.354 e. The van der Waals surface area contributed by atoms with Gasteiger partial charge in [-0.1, -0.05) is 104 Å². The molecule has 0 aliphatic heterocycles. The highest BCUT2D eigenvalue weighted by atomic mass is 32.1. The highest BCUT2D eigenvalue weighted by Crippen LogP contribution is 2.28. The van der Waals surface area contributed by atoms with E-state index in [-0.39, 0.29) is 0 Å². The molecule has 35 heavy (non-hydrogen) atoms. The van der Waals surface area contributed by atoms with E-state index in [0.717, 1.165) is 5.69 Å². The number of hydrogen-bond acceptors (Lipinski definition) is 2. The highest BCUT2D eigenvalue weighted by molar-refractivity contribution is 7.10. The van der Waals surface area contributed by atoms with E-state index in [1.54, 1.807) is 11.3 Å². The molecule has 0 fully saturated rings. The molecule has 2 aromatic heterocycles. The molecular weight excluding hydrogens is 444 g/mol. The Morgan fingerprint density at radius 2 is 1.14 bits per heavy atom. The molecule has 0 N–H and O–H groups in total. The van der Waals surface area contributed by atoms with Gasteiger partial charge in [0.05, 0.1) is 10.7 Å². The molecular formula is C32H42N2S. The molecule has 2 aromatic carbocycles. The van der Waals surface area contributed by atoms with Crippen molar-refractivity contribution in [3.63, 3.8) is 0 Å². The van der Waals surface area contributed by atoms with Crippen molar-refractivity contribution in [3.05, 3.63) is 88.0 Å². The number of hydrogen-bond donors (Lipinski definition) is 0. The molecule has 0 unspecified atom stereocenters. The summed E-state index contributed by atoms with van der Waals surface area (Å²) in [6.45, 7) is 17.7. The third-order valence-electron chi connectivity index (χ3n) is 6.43. The summed E-state index contributed by atoms with van der Waals surface area (Å²) in [4.78, 5) is 4.67. The topological polar surface area (TPSA) is 17.8 Å². The molecule has 4 rings (SSSR count). The van der Waals surface area contributed by atoms with Crippen LogP contribution >= 0.6 is 11.3 Å². The fourth-order valence-corrected chi connectivity index (χ4v) is 4.94. The Hall–Kier alpha value is -2.65. The lowest BCUT2D eigenvalue weighted by molar-refractivity contribution is 0.741. The lowest BCUT2D eigenvalue weighted by Gasteiger charge is -2.05. The molecule has 0 amide bonds. The van der Waals surface area contributed by atoms with E-state index in [2.05, 4.69) is 138 Å². The van der Waals surface area contributed by atoms with Crippen LogP contribution in [0.2, 0.25) is 0 Å². The number of rotatable bonds is 6. The van der Waals surface area contributed by atoms with E-state index in [1.165, 1.54) is 38.5 Å². The molecule has 186 valence electrons. The van der Waals surface area contributed by atoms with Crippen molar-refractivity contribution in [2.75, 3.05) is 0 Å². The van der Waals surface area contributed by atoms with Crippen molar-refractivity contribution in [3.8, 4) is 22.4 Å². The summed E-state index contributed by atoms with van der Waals surface area (Å²) in [6, 6.07) is 20.0. The molecule has 0 bridgehead atoms. The van der Waals surface area contributed by atoms with E-state index in [0.29, 0.717) is 23.7 Å². The smallest absolute Gasteiger partial charge is 0.0958 e. The molecule has 3 heteroatoms. The van der Waals surface area contributed by atoms with Gasteiger partial charge >= 0.3 is 0 Å². The van der Waals surface area contributed by atoms with Gasteiger partial charge in [0, 0.05) is 35.8 Å². The largest absolute Gasteiger partial charge is 0.354 e. The van der Waals surface area contributed by atoms with Crippen LogP contribution in [-0.4, -0.2) is 9.55 Å². The Labute approximate surface area is 217 Å². The van der Waals surface area contributed by atoms with Crippen LogP contribution in [0, 0.1) is 0 Å². The van der Waals surface area contributed by atoms with E-state index >= 15 is 0 Å². The molecule has 0 spiro atoms. The molecule has 0 saturated heterocycles. The zero-order valence-electron chi connectivity index (χ0n) is 23.0. The first-order valence-electron chi connectivity index (χ1n) is 12.9. The average molecular weight is 487 g/mol. The van der Waals surface area contributed by atoms with Crippen molar-refractivity contribution < 1.29 is 0 Å². The molecule has 2 heterocycles. The quantitative estimate of drug-likeness (QED) is 0.265. The van der Waals surface area contributed by atoms with Crippen molar-refractivity contribution in [1.29, 1.82) is 0 Å². The van der Waals surface area contributed by atoms with Crippen molar-refractivity contribution in [2.45, 2.75) is 79.1 Å². The van der Waals surface area contributed by atoms with Crippen LogP contribution in [0.5, 0.6) is 0 Å². The lowest BCUT2D eigenvalue weighted by atomic mass is 9.99. The van der Waals surface area contributed by atoms with E-state index in [1.807, 2.05) is 0 Å². The summed E-state index contributed by atoms with van der Waals surface area (Å²) in [6.07, 6.45) is 2.22. The Morgan fingerprint density at radius 1 is 0.629 bits per heavy atom. The zero-order valence-corrected chi connectivity index (χ0v) is 23.8. The molecule has 0 aliphatic rings. The van der Waals surface area contributed by atoms with Crippen LogP contribution in [-0.2, 0) is 7.05 Å². The van der Waals surface area contributed by atoms with Crippen LogP contribution in [0.1, 0.15) is 101 Å².